The number of anilines is 1. The van der Waals surface area contributed by atoms with E-state index in [2.05, 4.69) is 10.3 Å². The van der Waals surface area contributed by atoms with Crippen LogP contribution in [0.5, 0.6) is 0 Å². The van der Waals surface area contributed by atoms with Crippen LogP contribution in [0.3, 0.4) is 0 Å². The van der Waals surface area contributed by atoms with Gasteiger partial charge in [0, 0.05) is 22.6 Å². The number of carbonyl (C=O) groups excluding carboxylic acids is 1. The highest BCUT2D eigenvalue weighted by molar-refractivity contribution is 5.94. The maximum atomic E-state index is 12.9. The van der Waals surface area contributed by atoms with Gasteiger partial charge >= 0.3 is 0 Å². The zero-order valence-electron chi connectivity index (χ0n) is 18.1. The van der Waals surface area contributed by atoms with E-state index >= 15 is 0 Å². The minimum Gasteiger partial charge on any atom is -0.326 e. The molecule has 3 aromatic rings. The number of hydrogen-bond donors (Lipinski definition) is 2. The van der Waals surface area contributed by atoms with Crippen LogP contribution in [0.25, 0.3) is 16.9 Å². The number of aryl methyl sites for hydroxylation is 1. The van der Waals surface area contributed by atoms with Crippen molar-refractivity contribution in [3.8, 4) is 11.4 Å². The Balaban J connectivity index is 1.78. The van der Waals surface area contributed by atoms with Crippen LogP contribution in [0.1, 0.15) is 70.8 Å². The predicted octanol–water partition coefficient (Wildman–Crippen LogP) is 4.29. The average molecular weight is 408 g/mol. The Morgan fingerprint density at radius 1 is 1.27 bits per heavy atom. The molecule has 1 amide bonds. The molecule has 0 radical (unpaired) electrons. The second-order valence-electron chi connectivity index (χ2n) is 9.10. The largest absolute Gasteiger partial charge is 0.326 e. The van der Waals surface area contributed by atoms with Gasteiger partial charge in [-0.25, -0.2) is 9.50 Å². The van der Waals surface area contributed by atoms with Gasteiger partial charge in [0.1, 0.15) is 5.82 Å². The molecule has 2 aromatic heterocycles. The zero-order chi connectivity index (χ0) is 21.5. The number of benzene rings is 1. The molecule has 2 heterocycles. The molecule has 2 N–H and O–H groups in total. The third-order valence-electron chi connectivity index (χ3n) is 5.73. The Morgan fingerprint density at radius 2 is 2.00 bits per heavy atom. The highest BCUT2D eigenvalue weighted by Crippen LogP contribution is 2.34. The number of amides is 1. The Kier molecular flexibility index (Phi) is 5.22. The lowest BCUT2D eigenvalue weighted by Gasteiger charge is -2.18. The first-order valence-corrected chi connectivity index (χ1v) is 10.7. The first-order valence-electron chi connectivity index (χ1n) is 10.7. The van der Waals surface area contributed by atoms with Crippen LogP contribution in [-0.2, 0) is 11.2 Å². The van der Waals surface area contributed by atoms with Crippen molar-refractivity contribution in [2.24, 2.45) is 5.41 Å². The molecule has 30 heavy (non-hydrogen) atoms. The Bertz CT molecular complexity index is 1150. The lowest BCUT2D eigenvalue weighted by molar-refractivity contribution is -0.123. The Hall–Kier alpha value is -2.96. The molecule has 0 saturated heterocycles. The number of carbonyl (C=O) groups is 1. The van der Waals surface area contributed by atoms with Crippen LogP contribution in [-0.4, -0.2) is 25.5 Å². The monoisotopic (exact) mass is 407 g/mol. The van der Waals surface area contributed by atoms with E-state index in [0.717, 1.165) is 29.9 Å². The van der Waals surface area contributed by atoms with Crippen LogP contribution < -0.4 is 10.9 Å². The molecule has 7 heteroatoms. The van der Waals surface area contributed by atoms with Gasteiger partial charge < -0.3 is 10.3 Å². The number of nitrogens with one attached hydrogen (secondary N) is 2. The van der Waals surface area contributed by atoms with Crippen molar-refractivity contribution in [3.05, 3.63) is 46.1 Å². The summed E-state index contributed by atoms with van der Waals surface area (Å²) in [4.78, 5) is 33.0. The number of hydrogen-bond acceptors (Lipinski definition) is 4. The summed E-state index contributed by atoms with van der Waals surface area (Å²) < 4.78 is 1.75. The molecule has 7 nitrogen and oxygen atoms in total. The first kappa shape index (κ1) is 20.3. The summed E-state index contributed by atoms with van der Waals surface area (Å²) in [6.45, 7) is 7.62. The van der Waals surface area contributed by atoms with Gasteiger partial charge in [-0.15, -0.1) is 5.10 Å². The van der Waals surface area contributed by atoms with Crippen molar-refractivity contribution in [3.63, 3.8) is 0 Å². The molecule has 158 valence electrons. The van der Waals surface area contributed by atoms with E-state index in [1.54, 1.807) is 4.52 Å². The second-order valence-corrected chi connectivity index (χ2v) is 9.10. The van der Waals surface area contributed by atoms with E-state index in [1.165, 1.54) is 12.8 Å². The first-order chi connectivity index (χ1) is 14.3. The lowest BCUT2D eigenvalue weighted by Crippen LogP contribution is -2.27. The minimum atomic E-state index is -0.495. The molecule has 0 bridgehead atoms. The standard InChI is InChI=1S/C23H29N5O2/c1-5-17-18-21(29)26-19(27-28(18)20(25-17)14-9-6-7-10-14)15-11-8-12-16(13-15)24-22(30)23(2,3)4/h8,11-14H,5-7,9-10H2,1-4H3,(H,24,30)(H,26,27,29). The van der Waals surface area contributed by atoms with E-state index in [9.17, 15) is 9.59 Å². The highest BCUT2D eigenvalue weighted by atomic mass is 16.2. The molecule has 1 fully saturated rings. The molecule has 1 aliphatic rings. The van der Waals surface area contributed by atoms with Gasteiger partial charge in [0.05, 0.1) is 5.69 Å². The van der Waals surface area contributed by atoms with Crippen molar-refractivity contribution in [2.45, 2.75) is 65.7 Å². The van der Waals surface area contributed by atoms with Crippen molar-refractivity contribution in [1.29, 1.82) is 0 Å². The smallest absolute Gasteiger partial charge is 0.277 e. The summed E-state index contributed by atoms with van der Waals surface area (Å²) >= 11 is 0. The third kappa shape index (κ3) is 3.76. The molecule has 0 spiro atoms. The number of H-pyrrole nitrogens is 1. The van der Waals surface area contributed by atoms with Gasteiger partial charge in [0.15, 0.2) is 11.3 Å². The van der Waals surface area contributed by atoms with Crippen molar-refractivity contribution < 1.29 is 4.79 Å². The van der Waals surface area contributed by atoms with Crippen molar-refractivity contribution >= 4 is 17.1 Å². The maximum absolute atomic E-state index is 12.9. The molecule has 1 saturated carbocycles. The SMILES string of the molecule is CCc1nc(C2CCCC2)n2nc(-c3cccc(NC(=O)C(C)(C)C)c3)[nH]c(=O)c12. The van der Waals surface area contributed by atoms with E-state index < -0.39 is 5.41 Å². The molecule has 1 aromatic carbocycles. The molecule has 4 rings (SSSR count). The fourth-order valence-electron chi connectivity index (χ4n) is 3.98. The summed E-state index contributed by atoms with van der Waals surface area (Å²) in [5, 5.41) is 7.71. The molecule has 1 aliphatic carbocycles. The van der Waals surface area contributed by atoms with Gasteiger partial charge in [-0.05, 0) is 31.4 Å². The number of aromatic amines is 1. The highest BCUT2D eigenvalue weighted by Gasteiger charge is 2.26. The lowest BCUT2D eigenvalue weighted by atomic mass is 9.95. The van der Waals surface area contributed by atoms with Gasteiger partial charge in [-0.1, -0.05) is 52.7 Å². The summed E-state index contributed by atoms with van der Waals surface area (Å²) in [5.74, 6) is 1.64. The fourth-order valence-corrected chi connectivity index (χ4v) is 3.98. The average Bonchev–Trinajstić information content (AvgIpc) is 3.35. The number of rotatable bonds is 4. The van der Waals surface area contributed by atoms with Gasteiger partial charge in [0.25, 0.3) is 5.56 Å². The zero-order valence-corrected chi connectivity index (χ0v) is 18.1. The maximum Gasteiger partial charge on any atom is 0.277 e. The third-order valence-corrected chi connectivity index (χ3v) is 5.73. The van der Waals surface area contributed by atoms with E-state index in [0.29, 0.717) is 29.4 Å². The number of fused-ring (bicyclic) bond motifs is 1. The summed E-state index contributed by atoms with van der Waals surface area (Å²) in [5.41, 5.74) is 2.07. The summed E-state index contributed by atoms with van der Waals surface area (Å²) in [6, 6.07) is 7.39. The number of nitrogens with zero attached hydrogens (tertiary/aromatic N) is 3. The van der Waals surface area contributed by atoms with E-state index in [1.807, 2.05) is 52.0 Å². The van der Waals surface area contributed by atoms with Gasteiger partial charge in [0.2, 0.25) is 5.91 Å². The molecular formula is C23H29N5O2. The van der Waals surface area contributed by atoms with E-state index in [4.69, 9.17) is 10.1 Å². The second kappa shape index (κ2) is 7.70. The fraction of sp³-hybridized carbons (Fsp3) is 0.478. The van der Waals surface area contributed by atoms with Crippen molar-refractivity contribution in [1.82, 2.24) is 19.6 Å². The van der Waals surface area contributed by atoms with Crippen LogP contribution >= 0.6 is 0 Å². The quantitative estimate of drug-likeness (QED) is 0.675. The summed E-state index contributed by atoms with van der Waals surface area (Å²) in [6.07, 6.45) is 5.23. The Labute approximate surface area is 175 Å². The van der Waals surface area contributed by atoms with Crippen LogP contribution in [0.2, 0.25) is 0 Å². The van der Waals surface area contributed by atoms with E-state index in [-0.39, 0.29) is 11.5 Å². The van der Waals surface area contributed by atoms with Crippen LogP contribution in [0.4, 0.5) is 5.69 Å². The van der Waals surface area contributed by atoms with Crippen LogP contribution in [0.15, 0.2) is 29.1 Å². The van der Waals surface area contributed by atoms with Gasteiger partial charge in [-0.2, -0.15) is 0 Å². The van der Waals surface area contributed by atoms with Gasteiger partial charge in [-0.3, -0.25) is 9.59 Å². The number of imidazole rings is 1. The Morgan fingerprint density at radius 3 is 2.67 bits per heavy atom. The molecule has 0 unspecified atom stereocenters. The topological polar surface area (TPSA) is 92.2 Å². The predicted molar refractivity (Wildman–Crippen MR) is 118 cm³/mol. The van der Waals surface area contributed by atoms with Crippen molar-refractivity contribution in [2.75, 3.05) is 5.32 Å². The molecule has 0 aliphatic heterocycles. The molecule has 0 atom stereocenters. The van der Waals surface area contributed by atoms with Crippen LogP contribution in [0, 0.1) is 5.41 Å². The number of aromatic nitrogens is 4. The molecular weight excluding hydrogens is 378 g/mol. The summed E-state index contributed by atoms with van der Waals surface area (Å²) in [7, 11) is 0. The minimum absolute atomic E-state index is 0.0673. The normalized spacial score (nSPS) is 15.1.